The Morgan fingerprint density at radius 2 is 2.05 bits per heavy atom. The summed E-state index contributed by atoms with van der Waals surface area (Å²) in [5.74, 6) is -0.231. The average Bonchev–Trinajstić information content (AvgIpc) is 2.49. The average molecular weight is 310 g/mol. The maximum Gasteiger partial charge on any atom is 0.263 e. The van der Waals surface area contributed by atoms with Gasteiger partial charge in [-0.3, -0.25) is 4.79 Å². The molecule has 6 heteroatoms. The molecule has 1 aromatic rings. The van der Waals surface area contributed by atoms with Crippen molar-refractivity contribution in [3.8, 4) is 6.07 Å². The Bertz CT molecular complexity index is 523. The number of rotatable bonds is 8. The number of carbonyl (C=O) groups is 1. The Kier molecular flexibility index (Phi) is 7.92. The molecule has 0 aliphatic rings. The van der Waals surface area contributed by atoms with E-state index in [1.807, 2.05) is 6.07 Å². The van der Waals surface area contributed by atoms with Gasteiger partial charge in [-0.05, 0) is 30.5 Å². The molecule has 0 unspecified atom stereocenters. The fourth-order valence-electron chi connectivity index (χ4n) is 1.55. The molecule has 0 radical (unpaired) electrons. The van der Waals surface area contributed by atoms with Gasteiger partial charge in [-0.25, -0.2) is 4.39 Å². The molecule has 1 rings (SSSR count). The summed E-state index contributed by atoms with van der Waals surface area (Å²) in [6.45, 7) is 0.989. The third-order valence-corrected chi connectivity index (χ3v) is 2.95. The van der Waals surface area contributed by atoms with Crippen LogP contribution in [-0.2, 0) is 11.2 Å². The van der Waals surface area contributed by atoms with E-state index in [1.165, 1.54) is 18.3 Å². The Morgan fingerprint density at radius 1 is 1.33 bits per heavy atom. The Morgan fingerprint density at radius 3 is 2.67 bits per heavy atom. The zero-order valence-corrected chi connectivity index (χ0v) is 12.3. The maximum absolute atomic E-state index is 12.7. The zero-order chi connectivity index (χ0) is 15.5. The third kappa shape index (κ3) is 6.77. The van der Waals surface area contributed by atoms with E-state index in [-0.39, 0.29) is 11.4 Å². The van der Waals surface area contributed by atoms with Crippen LogP contribution >= 0.6 is 11.6 Å². The van der Waals surface area contributed by atoms with Crippen molar-refractivity contribution < 1.29 is 9.18 Å². The molecule has 21 heavy (non-hydrogen) atoms. The van der Waals surface area contributed by atoms with E-state index in [0.29, 0.717) is 31.8 Å². The summed E-state index contributed by atoms with van der Waals surface area (Å²) in [6, 6.07) is 8.04. The summed E-state index contributed by atoms with van der Waals surface area (Å²) < 4.78 is 12.7. The number of benzene rings is 1. The lowest BCUT2D eigenvalue weighted by Crippen LogP contribution is -2.27. The van der Waals surface area contributed by atoms with Crippen LogP contribution in [0.15, 0.2) is 36.0 Å². The van der Waals surface area contributed by atoms with Crippen LogP contribution in [0.5, 0.6) is 0 Å². The largest absolute Gasteiger partial charge is 0.389 e. The van der Waals surface area contributed by atoms with Crippen LogP contribution in [0.4, 0.5) is 4.39 Å². The molecule has 2 N–H and O–H groups in total. The second-order valence-electron chi connectivity index (χ2n) is 4.30. The van der Waals surface area contributed by atoms with Crippen molar-refractivity contribution in [3.05, 3.63) is 47.4 Å². The number of hydrogen-bond acceptors (Lipinski definition) is 3. The van der Waals surface area contributed by atoms with E-state index in [0.717, 1.165) is 5.56 Å². The first-order valence-corrected chi connectivity index (χ1v) is 7.13. The maximum atomic E-state index is 12.7. The van der Waals surface area contributed by atoms with Gasteiger partial charge >= 0.3 is 0 Å². The van der Waals surface area contributed by atoms with Crippen LogP contribution in [0.3, 0.4) is 0 Å². The number of hydrogen-bond donors (Lipinski definition) is 2. The van der Waals surface area contributed by atoms with Crippen molar-refractivity contribution in [1.82, 2.24) is 10.6 Å². The molecule has 1 aromatic carbocycles. The minimum Gasteiger partial charge on any atom is -0.389 e. The molecule has 0 saturated carbocycles. The van der Waals surface area contributed by atoms with Gasteiger partial charge in [-0.2, -0.15) is 5.26 Å². The standard InChI is InChI=1S/C15H17ClFN3O/c16-7-1-8-20-15(21)13(10-18)11-19-9-6-12-2-4-14(17)5-3-12/h2-5,11,19H,1,6-9H2,(H,20,21)/b13-11-. The van der Waals surface area contributed by atoms with E-state index in [9.17, 15) is 9.18 Å². The fourth-order valence-corrected chi connectivity index (χ4v) is 1.69. The molecule has 0 aromatic heterocycles. The van der Waals surface area contributed by atoms with Crippen LogP contribution in [0.1, 0.15) is 12.0 Å². The fraction of sp³-hybridized carbons (Fsp3) is 0.333. The lowest BCUT2D eigenvalue weighted by atomic mass is 10.1. The molecule has 0 saturated heterocycles. The van der Waals surface area contributed by atoms with Gasteiger partial charge in [0.05, 0.1) is 0 Å². The summed E-state index contributed by atoms with van der Waals surface area (Å²) in [4.78, 5) is 11.6. The van der Waals surface area contributed by atoms with Gasteiger partial charge in [0.25, 0.3) is 5.91 Å². The zero-order valence-electron chi connectivity index (χ0n) is 11.5. The molecule has 4 nitrogen and oxygen atoms in total. The van der Waals surface area contributed by atoms with Gasteiger partial charge in [0.1, 0.15) is 17.5 Å². The Labute approximate surface area is 128 Å². The lowest BCUT2D eigenvalue weighted by molar-refractivity contribution is -0.117. The van der Waals surface area contributed by atoms with Crippen LogP contribution in [0.25, 0.3) is 0 Å². The molecule has 0 aliphatic carbocycles. The number of carbonyl (C=O) groups excluding carboxylic acids is 1. The second kappa shape index (κ2) is 9.78. The van der Waals surface area contributed by atoms with Crippen molar-refractivity contribution in [2.75, 3.05) is 19.0 Å². The number of amides is 1. The van der Waals surface area contributed by atoms with Crippen molar-refractivity contribution in [2.24, 2.45) is 0 Å². The summed E-state index contributed by atoms with van der Waals surface area (Å²) in [5.41, 5.74) is 0.992. The summed E-state index contributed by atoms with van der Waals surface area (Å²) in [6.07, 6.45) is 2.72. The highest BCUT2D eigenvalue weighted by atomic mass is 35.5. The van der Waals surface area contributed by atoms with Crippen molar-refractivity contribution in [2.45, 2.75) is 12.8 Å². The molecule has 0 atom stereocenters. The molecule has 112 valence electrons. The van der Waals surface area contributed by atoms with Gasteiger partial charge in [0.2, 0.25) is 0 Å². The van der Waals surface area contributed by atoms with Crippen molar-refractivity contribution in [1.29, 1.82) is 5.26 Å². The SMILES string of the molecule is N#C/C(=C/NCCc1ccc(F)cc1)C(=O)NCCCCl. The van der Waals surface area contributed by atoms with E-state index in [2.05, 4.69) is 10.6 Å². The highest BCUT2D eigenvalue weighted by Gasteiger charge is 2.07. The number of alkyl halides is 1. The van der Waals surface area contributed by atoms with E-state index < -0.39 is 5.91 Å². The molecular weight excluding hydrogens is 293 g/mol. The van der Waals surface area contributed by atoms with Gasteiger partial charge < -0.3 is 10.6 Å². The topological polar surface area (TPSA) is 64.9 Å². The van der Waals surface area contributed by atoms with Gasteiger partial charge in [0.15, 0.2) is 0 Å². The Hall–Kier alpha value is -2.06. The minimum atomic E-state index is -0.420. The second-order valence-corrected chi connectivity index (χ2v) is 4.68. The highest BCUT2D eigenvalue weighted by molar-refractivity contribution is 6.17. The van der Waals surface area contributed by atoms with Crippen LogP contribution in [-0.4, -0.2) is 24.9 Å². The van der Waals surface area contributed by atoms with Crippen molar-refractivity contribution in [3.63, 3.8) is 0 Å². The van der Waals surface area contributed by atoms with Crippen molar-refractivity contribution >= 4 is 17.5 Å². The predicted octanol–water partition coefficient (Wildman–Crippen LogP) is 2.11. The smallest absolute Gasteiger partial charge is 0.263 e. The number of nitrogens with zero attached hydrogens (tertiary/aromatic N) is 1. The molecule has 1 amide bonds. The molecule has 0 aliphatic heterocycles. The van der Waals surface area contributed by atoms with Gasteiger partial charge in [-0.1, -0.05) is 12.1 Å². The third-order valence-electron chi connectivity index (χ3n) is 2.68. The number of nitriles is 1. The van der Waals surface area contributed by atoms with Crippen LogP contribution < -0.4 is 10.6 Å². The van der Waals surface area contributed by atoms with Gasteiger partial charge in [0, 0.05) is 25.2 Å². The summed E-state index contributed by atoms with van der Waals surface area (Å²) in [7, 11) is 0. The molecule has 0 fully saturated rings. The summed E-state index contributed by atoms with van der Waals surface area (Å²) in [5, 5.41) is 14.4. The van der Waals surface area contributed by atoms with E-state index >= 15 is 0 Å². The summed E-state index contributed by atoms with van der Waals surface area (Å²) >= 11 is 5.50. The monoisotopic (exact) mass is 309 g/mol. The van der Waals surface area contributed by atoms with E-state index in [4.69, 9.17) is 16.9 Å². The van der Waals surface area contributed by atoms with E-state index in [1.54, 1.807) is 12.1 Å². The lowest BCUT2D eigenvalue weighted by Gasteiger charge is -2.04. The first kappa shape index (κ1) is 17.0. The van der Waals surface area contributed by atoms with Crippen LogP contribution in [0.2, 0.25) is 0 Å². The quantitative estimate of drug-likeness (QED) is 0.334. The van der Waals surface area contributed by atoms with Crippen LogP contribution in [0, 0.1) is 17.1 Å². The predicted molar refractivity (Wildman–Crippen MR) is 80.1 cm³/mol. The molecule has 0 spiro atoms. The normalized spacial score (nSPS) is 10.8. The van der Waals surface area contributed by atoms with Gasteiger partial charge in [-0.15, -0.1) is 11.6 Å². The number of halogens is 2. The Balaban J connectivity index is 2.37. The highest BCUT2D eigenvalue weighted by Crippen LogP contribution is 2.02. The first-order chi connectivity index (χ1) is 10.2. The molecule has 0 bridgehead atoms. The molecular formula is C15H17ClFN3O. The number of nitrogens with one attached hydrogen (secondary N) is 2. The minimum absolute atomic E-state index is 0.0173. The first-order valence-electron chi connectivity index (χ1n) is 6.59. The molecule has 0 heterocycles.